The summed E-state index contributed by atoms with van der Waals surface area (Å²) in [5.74, 6) is 2.64. The molecular formula is C111H104Cl3F3N12O19. The highest BCUT2D eigenvalue weighted by Gasteiger charge is 2.32. The van der Waals surface area contributed by atoms with Gasteiger partial charge in [-0.15, -0.1) is 0 Å². The second kappa shape index (κ2) is 46.5. The number of halogens is 6. The summed E-state index contributed by atoms with van der Waals surface area (Å²) in [5, 5.41) is 21.1. The summed E-state index contributed by atoms with van der Waals surface area (Å²) in [6.45, 7) is 15.5. The minimum atomic E-state index is -0.872. The summed E-state index contributed by atoms with van der Waals surface area (Å²) in [7, 11) is 1.40. The summed E-state index contributed by atoms with van der Waals surface area (Å²) < 4.78 is 112. The van der Waals surface area contributed by atoms with Crippen molar-refractivity contribution in [2.75, 3.05) is 115 Å². The van der Waals surface area contributed by atoms with Gasteiger partial charge in [0.15, 0.2) is 34.5 Å². The van der Waals surface area contributed by atoms with Gasteiger partial charge in [0.05, 0.1) is 90.6 Å². The lowest BCUT2D eigenvalue weighted by molar-refractivity contribution is 0.0709. The number of aromatic nitrogens is 7. The fourth-order valence-electron chi connectivity index (χ4n) is 18.0. The van der Waals surface area contributed by atoms with Crippen LogP contribution in [-0.2, 0) is 19.9 Å². The average molecular weight is 2070 g/mol. The number of fused-ring (bicyclic) bond motifs is 9. The molecule has 2 fully saturated rings. The largest absolute Gasteiger partial charge is 0.493 e. The number of likely N-dealkylation sites (tertiary alicyclic amines) is 2. The number of aliphatic hydroxyl groups is 1. The third kappa shape index (κ3) is 23.9. The molecule has 5 aliphatic rings. The van der Waals surface area contributed by atoms with Crippen LogP contribution in [0.15, 0.2) is 238 Å². The Morgan fingerprint density at radius 3 is 1.40 bits per heavy atom. The van der Waals surface area contributed by atoms with Gasteiger partial charge in [-0.1, -0.05) is 53.7 Å². The van der Waals surface area contributed by atoms with Crippen LogP contribution in [0.4, 0.5) is 30.2 Å². The molecule has 6 aromatic heterocycles. The number of rotatable bonds is 30. The van der Waals surface area contributed by atoms with Crippen LogP contribution in [0.1, 0.15) is 126 Å². The number of anilines is 3. The third-order valence-electron chi connectivity index (χ3n) is 25.3. The van der Waals surface area contributed by atoms with Gasteiger partial charge in [0.1, 0.15) is 103 Å². The molecule has 9 aromatic carbocycles. The molecule has 15 aromatic rings. The minimum absolute atomic E-state index is 0.0841. The number of nitrogens with zero attached hydrogens (tertiary/aromatic N) is 9. The van der Waals surface area contributed by atoms with Gasteiger partial charge in [-0.25, -0.2) is 22.5 Å². The molecule has 0 atom stereocenters. The fraction of sp³-hybridized carbons (Fsp3) is 0.279. The zero-order valence-electron chi connectivity index (χ0n) is 81.3. The Morgan fingerprint density at radius 1 is 0.446 bits per heavy atom. The first-order valence-electron chi connectivity index (χ1n) is 48.7. The molecule has 764 valence electrons. The predicted octanol–water partition coefficient (Wildman–Crippen LogP) is 20.1. The second-order valence-electron chi connectivity index (χ2n) is 36.2. The average Bonchev–Trinajstić information content (AvgIpc) is 0.761. The quantitative estimate of drug-likeness (QED) is 0.0304. The molecule has 0 radical (unpaired) electrons. The summed E-state index contributed by atoms with van der Waals surface area (Å²) in [4.78, 5) is 111. The molecule has 0 spiro atoms. The fourth-order valence-corrected chi connectivity index (χ4v) is 18.7. The van der Waals surface area contributed by atoms with Crippen LogP contribution in [0.2, 0.25) is 15.1 Å². The van der Waals surface area contributed by atoms with Crippen molar-refractivity contribution in [3.05, 3.63) is 327 Å². The number of nitrogens with one attached hydrogen (secondary N) is 3. The molecule has 148 heavy (non-hydrogen) atoms. The molecule has 0 unspecified atom stereocenters. The number of piperidine rings is 2. The molecule has 37 heteroatoms. The van der Waals surface area contributed by atoms with E-state index in [1.54, 1.807) is 94.0 Å². The molecule has 0 bridgehead atoms. The number of pyridine rings is 5. The van der Waals surface area contributed by atoms with Crippen molar-refractivity contribution in [2.24, 2.45) is 7.05 Å². The van der Waals surface area contributed by atoms with Crippen molar-refractivity contribution in [3.8, 4) is 91.8 Å². The van der Waals surface area contributed by atoms with Gasteiger partial charge in [0, 0.05) is 104 Å². The second-order valence-corrected chi connectivity index (χ2v) is 37.5. The number of amides is 3. The highest BCUT2D eigenvalue weighted by atomic mass is 35.5. The van der Waals surface area contributed by atoms with Crippen LogP contribution in [0.5, 0.6) is 74.7 Å². The molecule has 11 heterocycles. The van der Waals surface area contributed by atoms with E-state index in [2.05, 4.69) is 40.7 Å². The van der Waals surface area contributed by atoms with Gasteiger partial charge in [-0.2, -0.15) is 0 Å². The molecular weight excluding hydrogens is 1970 g/mol. The van der Waals surface area contributed by atoms with Gasteiger partial charge in [-0.3, -0.25) is 52.9 Å². The summed E-state index contributed by atoms with van der Waals surface area (Å²) >= 11 is 19.9. The maximum Gasteiger partial charge on any atom is 0.335 e. The lowest BCUT2D eigenvalue weighted by Gasteiger charge is -2.26. The van der Waals surface area contributed by atoms with Gasteiger partial charge >= 0.3 is 5.69 Å². The summed E-state index contributed by atoms with van der Waals surface area (Å²) in [6, 6.07) is 45.9. The topological polar surface area (TPSA) is 342 Å². The van der Waals surface area contributed by atoms with Crippen LogP contribution < -0.4 is 90.4 Å². The Balaban J connectivity index is 0.000000146. The predicted molar refractivity (Wildman–Crippen MR) is 557 cm³/mol. The summed E-state index contributed by atoms with van der Waals surface area (Å²) in [6.07, 6.45) is 20.2. The van der Waals surface area contributed by atoms with Gasteiger partial charge < -0.3 is 87.5 Å². The van der Waals surface area contributed by atoms with Crippen molar-refractivity contribution >= 4 is 102 Å². The van der Waals surface area contributed by atoms with Crippen LogP contribution in [0.25, 0.3) is 49.8 Å². The standard InChI is InChI=1S/C39H38ClFN4O7.C37H35ClFN5O7.C35H31ClFN3O5/c1-2-48-31-14-19-45(26-9-7-25(41)8-10-26)39(47)35(31)38(46)43-29-12-11-27(23-28(29)40)52-32-13-15-42-30-24-33(36-37(34(30)32)51-22-21-50-36)49-20-6-18-44-16-4-3-5-17-44;1-42-22-26(36(46)44(37(42)47)24-8-6-23(39)7-9-24)35(45)41-28-11-10-25(20-27(28)38)51-30-12-13-40-29-21-31(33-34(32(29)30)50-19-18-49-33)48-17-5-16-43-14-3-2-4-15-43;1-35(2,43)13-11-23-20-29-30(32-31(23)44-16-17-45-32)22(12-14-38-29)18-21-5-10-28(27(36)19-21)39-33(41)26-4-3-15-40(34(26)42)25-8-6-24(37)7-9-25/h7-15,19,23-24H,2-6,16-18,20-22H2,1H3,(H,43,46);6-13,20-22H,2-5,14-19H2,1H3,(H,41,45);3-10,12,14-15,19-20,43H,11,13,16-18H2,1-2H3,(H,39,41). The smallest absolute Gasteiger partial charge is 0.335 e. The maximum atomic E-state index is 13.6. The molecule has 4 N–H and O–H groups in total. The molecule has 20 rings (SSSR count). The van der Waals surface area contributed by atoms with E-state index in [0.29, 0.717) is 185 Å². The number of carbonyl (C=O) groups is 3. The van der Waals surface area contributed by atoms with E-state index in [1.165, 1.54) is 152 Å². The van der Waals surface area contributed by atoms with E-state index >= 15 is 0 Å². The highest BCUT2D eigenvalue weighted by molar-refractivity contribution is 6.35. The number of hydrogen-bond donors (Lipinski definition) is 4. The normalized spacial score (nSPS) is 13.8. The van der Waals surface area contributed by atoms with Gasteiger partial charge in [-0.05, 0) is 268 Å². The molecule has 5 aliphatic heterocycles. The number of hydrogen-bond acceptors (Lipinski definition) is 24. The lowest BCUT2D eigenvalue weighted by atomic mass is 9.94. The molecule has 2 saturated heterocycles. The number of carbonyl (C=O) groups excluding carboxylic acids is 3. The van der Waals surface area contributed by atoms with Crippen molar-refractivity contribution in [2.45, 2.75) is 97.0 Å². The summed E-state index contributed by atoms with van der Waals surface area (Å²) in [5.41, 5.74) is 2.30. The van der Waals surface area contributed by atoms with Crippen LogP contribution in [-0.4, -0.2) is 170 Å². The first-order valence-corrected chi connectivity index (χ1v) is 49.8. The molecule has 0 saturated carbocycles. The van der Waals surface area contributed by atoms with Gasteiger partial charge in [0.25, 0.3) is 34.4 Å². The van der Waals surface area contributed by atoms with Gasteiger partial charge in [0.2, 0.25) is 11.5 Å². The van der Waals surface area contributed by atoms with E-state index in [-0.39, 0.29) is 56.2 Å². The van der Waals surface area contributed by atoms with E-state index < -0.39 is 63.1 Å². The number of benzene rings is 9. The van der Waals surface area contributed by atoms with Crippen molar-refractivity contribution < 1.29 is 84.8 Å². The Hall–Kier alpha value is -15.5. The molecule has 31 nitrogen and oxygen atoms in total. The Labute approximate surface area is 862 Å². The monoisotopic (exact) mass is 2070 g/mol. The van der Waals surface area contributed by atoms with E-state index in [4.69, 9.17) is 86.9 Å². The zero-order valence-corrected chi connectivity index (χ0v) is 83.5. The number of aryl methyl sites for hydroxylation is 2. The van der Waals surface area contributed by atoms with Crippen molar-refractivity contribution in [3.63, 3.8) is 0 Å². The van der Waals surface area contributed by atoms with Crippen molar-refractivity contribution in [1.29, 1.82) is 0 Å². The van der Waals surface area contributed by atoms with E-state index in [1.807, 2.05) is 30.3 Å². The SMILES string of the molecule is CC(C)(O)CCc1cc2nccc(Cc3ccc(NC(=O)c4cccn(-c5ccc(F)cc5)c4=O)c(Cl)c3)c2c2c1OCCO2.CCOc1ccn(-c2ccc(F)cc2)c(=O)c1C(=O)Nc1ccc(Oc2ccnc3cc(OCCCN4CCCCC4)c4c(c23)OCCO4)cc1Cl.Cn1cc(C(=O)Nc2ccc(Oc3ccnc4cc(OCCCN5CCCCC5)c5c(c34)OCCO5)cc2Cl)c(=O)n(-c2ccc(F)cc2)c1=O. The zero-order chi connectivity index (χ0) is 103. The highest BCUT2D eigenvalue weighted by Crippen LogP contribution is 2.52. The molecule has 3 amide bonds. The van der Waals surface area contributed by atoms with Crippen LogP contribution in [0.3, 0.4) is 0 Å². The Bertz CT molecular complexity index is 7750. The lowest BCUT2D eigenvalue weighted by Crippen LogP contribution is -2.41. The Morgan fingerprint density at radius 2 is 0.899 bits per heavy atom. The Kier molecular flexibility index (Phi) is 32.2. The number of ether oxygens (including phenoxy) is 11. The third-order valence-corrected chi connectivity index (χ3v) is 26.2. The van der Waals surface area contributed by atoms with Crippen molar-refractivity contribution in [1.82, 2.24) is 43.0 Å². The van der Waals surface area contributed by atoms with Crippen LogP contribution >= 0.6 is 34.8 Å². The minimum Gasteiger partial charge on any atom is -0.493 e. The molecule has 0 aliphatic carbocycles. The first-order chi connectivity index (χ1) is 71.7. The van der Waals surface area contributed by atoms with E-state index in [0.717, 1.165) is 107 Å². The van der Waals surface area contributed by atoms with Crippen LogP contribution in [0, 0.1) is 17.5 Å². The first kappa shape index (κ1) is 103. The maximum absolute atomic E-state index is 13.6. The van der Waals surface area contributed by atoms with E-state index in [9.17, 15) is 51.8 Å².